The summed E-state index contributed by atoms with van der Waals surface area (Å²) in [5.41, 5.74) is 3.29. The summed E-state index contributed by atoms with van der Waals surface area (Å²) in [4.78, 5) is 23.9. The largest absolute Gasteiger partial charge is 0.357 e. The number of hydrogen-bond acceptors (Lipinski definition) is 5. The Morgan fingerprint density at radius 1 is 0.722 bits per heavy atom. The molecule has 0 aromatic heterocycles. The van der Waals surface area contributed by atoms with Gasteiger partial charge in [0.1, 0.15) is 0 Å². The molecule has 1 fully saturated rings. The standard InChI is InChI=1S/C28H33N3O4Si/c1-28(2,3)36(4,5)25-16-14-22(15-17-25)29-26(20-6-10-23(11-7-20)30(32)33)18-19-27(29)21-8-12-24(13-9-21)31(34)35/h6-17,26-27H,18-19H2,1-5H3/t26-,27-/m0/s1. The van der Waals surface area contributed by atoms with Gasteiger partial charge in [0, 0.05) is 30.0 Å². The maximum atomic E-state index is 11.2. The summed E-state index contributed by atoms with van der Waals surface area (Å²) in [6, 6.07) is 22.6. The van der Waals surface area contributed by atoms with E-state index in [4.69, 9.17) is 0 Å². The molecule has 0 amide bonds. The highest BCUT2D eigenvalue weighted by Crippen LogP contribution is 2.47. The molecule has 0 spiro atoms. The van der Waals surface area contributed by atoms with Gasteiger partial charge in [-0.1, -0.05) is 75.5 Å². The number of hydrogen-bond donors (Lipinski definition) is 0. The third-order valence-electron chi connectivity index (χ3n) is 8.12. The minimum Gasteiger partial charge on any atom is -0.357 e. The van der Waals surface area contributed by atoms with Gasteiger partial charge in [-0.2, -0.15) is 0 Å². The second-order valence-electron chi connectivity index (χ2n) is 11.1. The Morgan fingerprint density at radius 3 is 1.44 bits per heavy atom. The van der Waals surface area contributed by atoms with Crippen LogP contribution in [0.15, 0.2) is 72.8 Å². The van der Waals surface area contributed by atoms with E-state index in [-0.39, 0.29) is 38.3 Å². The first-order valence-corrected chi connectivity index (χ1v) is 15.3. The van der Waals surface area contributed by atoms with E-state index < -0.39 is 8.07 Å². The summed E-state index contributed by atoms with van der Waals surface area (Å²) in [5.74, 6) is 0. The zero-order chi connectivity index (χ0) is 26.3. The minimum absolute atomic E-state index is 0.0460. The van der Waals surface area contributed by atoms with Gasteiger partial charge in [0.15, 0.2) is 0 Å². The van der Waals surface area contributed by atoms with E-state index in [1.54, 1.807) is 24.3 Å². The smallest absolute Gasteiger partial charge is 0.269 e. The van der Waals surface area contributed by atoms with Crippen LogP contribution in [0.4, 0.5) is 17.1 Å². The molecule has 3 aromatic carbocycles. The van der Waals surface area contributed by atoms with Crippen LogP contribution in [0.5, 0.6) is 0 Å². The van der Waals surface area contributed by atoms with Gasteiger partial charge in [0.25, 0.3) is 11.4 Å². The Bertz CT molecular complexity index is 1180. The zero-order valence-corrected chi connectivity index (χ0v) is 22.5. The average Bonchev–Trinajstić information content (AvgIpc) is 3.28. The molecule has 1 heterocycles. The lowest BCUT2D eigenvalue weighted by Gasteiger charge is -2.38. The third kappa shape index (κ3) is 4.77. The van der Waals surface area contributed by atoms with E-state index in [9.17, 15) is 20.2 Å². The fourth-order valence-electron chi connectivity index (χ4n) is 4.95. The minimum atomic E-state index is -1.69. The Labute approximate surface area is 213 Å². The van der Waals surface area contributed by atoms with E-state index in [0.29, 0.717) is 0 Å². The monoisotopic (exact) mass is 503 g/mol. The van der Waals surface area contributed by atoms with Gasteiger partial charge < -0.3 is 4.90 Å². The predicted octanol–water partition coefficient (Wildman–Crippen LogP) is 7.30. The second kappa shape index (κ2) is 9.50. The molecular formula is C28H33N3O4Si. The molecule has 0 N–H and O–H groups in total. The van der Waals surface area contributed by atoms with E-state index in [1.807, 2.05) is 24.3 Å². The van der Waals surface area contributed by atoms with Gasteiger partial charge in [0.05, 0.1) is 30.0 Å². The predicted molar refractivity (Wildman–Crippen MR) is 147 cm³/mol. The quantitative estimate of drug-likeness (QED) is 0.200. The molecule has 0 bridgehead atoms. The number of rotatable bonds is 6. The summed E-state index contributed by atoms with van der Waals surface area (Å²) in [6.45, 7) is 11.7. The molecule has 8 heteroatoms. The summed E-state index contributed by atoms with van der Waals surface area (Å²) in [7, 11) is -1.69. The molecule has 1 aliphatic rings. The summed E-state index contributed by atoms with van der Waals surface area (Å²) < 4.78 is 0. The van der Waals surface area contributed by atoms with Crippen LogP contribution in [-0.2, 0) is 0 Å². The van der Waals surface area contributed by atoms with Crippen molar-refractivity contribution in [2.24, 2.45) is 0 Å². The molecule has 7 nitrogen and oxygen atoms in total. The lowest BCUT2D eigenvalue weighted by atomic mass is 10.0. The number of nitro benzene ring substituents is 2. The van der Waals surface area contributed by atoms with Gasteiger partial charge in [-0.25, -0.2) is 0 Å². The summed E-state index contributed by atoms with van der Waals surface area (Å²) in [5, 5.41) is 24.0. The molecule has 36 heavy (non-hydrogen) atoms. The first-order chi connectivity index (χ1) is 16.9. The summed E-state index contributed by atoms with van der Waals surface area (Å²) >= 11 is 0. The van der Waals surface area contributed by atoms with Gasteiger partial charge in [-0.05, 0) is 41.1 Å². The number of anilines is 1. The molecule has 0 unspecified atom stereocenters. The third-order valence-corrected chi connectivity index (χ3v) is 13.7. The number of nitrogens with zero attached hydrogens (tertiary/aromatic N) is 3. The van der Waals surface area contributed by atoms with Gasteiger partial charge >= 0.3 is 0 Å². The Balaban J connectivity index is 1.74. The van der Waals surface area contributed by atoms with E-state index in [0.717, 1.165) is 29.7 Å². The lowest BCUT2D eigenvalue weighted by molar-refractivity contribution is -0.385. The molecule has 4 rings (SSSR count). The number of non-ortho nitro benzene ring substituents is 2. The average molecular weight is 504 g/mol. The lowest BCUT2D eigenvalue weighted by Crippen LogP contribution is -2.49. The first kappa shape index (κ1) is 25.6. The van der Waals surface area contributed by atoms with Crippen molar-refractivity contribution in [3.05, 3.63) is 104 Å². The van der Waals surface area contributed by atoms with Crippen molar-refractivity contribution in [2.75, 3.05) is 4.90 Å². The van der Waals surface area contributed by atoms with Crippen LogP contribution < -0.4 is 10.1 Å². The van der Waals surface area contributed by atoms with Crippen LogP contribution in [0.1, 0.15) is 56.8 Å². The van der Waals surface area contributed by atoms with Crippen LogP contribution >= 0.6 is 0 Å². The zero-order valence-electron chi connectivity index (χ0n) is 21.5. The van der Waals surface area contributed by atoms with Gasteiger partial charge in [0.2, 0.25) is 0 Å². The van der Waals surface area contributed by atoms with Gasteiger partial charge in [-0.3, -0.25) is 20.2 Å². The number of benzene rings is 3. The normalized spacial score (nSPS) is 18.3. The van der Waals surface area contributed by atoms with Crippen molar-refractivity contribution >= 4 is 30.3 Å². The Kier molecular flexibility index (Phi) is 6.75. The maximum Gasteiger partial charge on any atom is 0.269 e. The highest BCUT2D eigenvalue weighted by atomic mass is 28.3. The molecular weight excluding hydrogens is 470 g/mol. The highest BCUT2D eigenvalue weighted by molar-refractivity contribution is 6.92. The van der Waals surface area contributed by atoms with Crippen LogP contribution in [0.2, 0.25) is 18.1 Å². The SMILES string of the molecule is CC(C)(C)[Si](C)(C)c1ccc(N2[C@H](c3ccc([N+](=O)[O-])cc3)CC[C@H]2c2ccc([N+](=O)[O-])cc2)cc1. The van der Waals surface area contributed by atoms with Crippen LogP contribution in [-0.4, -0.2) is 17.9 Å². The van der Waals surface area contributed by atoms with Crippen molar-refractivity contribution < 1.29 is 9.85 Å². The Morgan fingerprint density at radius 2 is 1.11 bits per heavy atom. The maximum absolute atomic E-state index is 11.2. The molecule has 0 radical (unpaired) electrons. The molecule has 3 aromatic rings. The van der Waals surface area contributed by atoms with Crippen LogP contribution in [0.3, 0.4) is 0 Å². The van der Waals surface area contributed by atoms with Crippen molar-refractivity contribution in [1.82, 2.24) is 0 Å². The van der Waals surface area contributed by atoms with E-state index in [2.05, 4.69) is 63.0 Å². The van der Waals surface area contributed by atoms with Crippen LogP contribution in [0, 0.1) is 20.2 Å². The molecule has 188 valence electrons. The van der Waals surface area contributed by atoms with E-state index in [1.165, 1.54) is 5.19 Å². The fraction of sp³-hybridized carbons (Fsp3) is 0.357. The van der Waals surface area contributed by atoms with Crippen LogP contribution in [0.25, 0.3) is 0 Å². The van der Waals surface area contributed by atoms with Crippen molar-refractivity contribution in [2.45, 2.75) is 63.8 Å². The molecule has 0 aliphatic carbocycles. The van der Waals surface area contributed by atoms with Crippen molar-refractivity contribution in [3.8, 4) is 0 Å². The van der Waals surface area contributed by atoms with Gasteiger partial charge in [-0.15, -0.1) is 0 Å². The molecule has 1 aliphatic heterocycles. The van der Waals surface area contributed by atoms with E-state index >= 15 is 0 Å². The van der Waals surface area contributed by atoms with Crippen molar-refractivity contribution in [3.63, 3.8) is 0 Å². The number of nitro groups is 2. The Hall–Kier alpha value is -3.52. The molecule has 2 atom stereocenters. The molecule has 1 saturated heterocycles. The topological polar surface area (TPSA) is 89.5 Å². The highest BCUT2D eigenvalue weighted by Gasteiger charge is 2.38. The first-order valence-electron chi connectivity index (χ1n) is 12.3. The summed E-state index contributed by atoms with van der Waals surface area (Å²) in [6.07, 6.45) is 1.76. The molecule has 0 saturated carbocycles. The fourth-order valence-corrected chi connectivity index (χ4v) is 6.81. The second-order valence-corrected chi connectivity index (χ2v) is 16.5. The van der Waals surface area contributed by atoms with Crippen molar-refractivity contribution in [1.29, 1.82) is 0 Å².